The maximum absolute atomic E-state index is 11.6. The van der Waals surface area contributed by atoms with Crippen LogP contribution in [0.5, 0.6) is 0 Å². The molecule has 0 N–H and O–H groups in total. The SMILES string of the molecule is O=C1C2CC3C[C@@H]1C[C@H](C3)C2=O. The molecule has 4 fully saturated rings. The van der Waals surface area contributed by atoms with Crippen LogP contribution in [0.3, 0.4) is 0 Å². The number of hydrogen-bond acceptors (Lipinski definition) is 2. The van der Waals surface area contributed by atoms with Crippen LogP contribution >= 0.6 is 0 Å². The summed E-state index contributed by atoms with van der Waals surface area (Å²) in [5.41, 5.74) is 0. The fraction of sp³-hybridized carbons (Fsp3) is 0.800. The molecule has 4 aliphatic rings. The zero-order valence-corrected chi connectivity index (χ0v) is 6.95. The number of carbonyl (C=O) groups is 2. The normalized spacial score (nSPS) is 50.3. The fourth-order valence-corrected chi connectivity index (χ4v) is 3.37. The molecule has 2 heteroatoms. The molecule has 4 aliphatic carbocycles. The predicted molar refractivity (Wildman–Crippen MR) is 42.4 cm³/mol. The summed E-state index contributed by atoms with van der Waals surface area (Å²) in [5.74, 6) is 1.62. The third-order valence-corrected chi connectivity index (χ3v) is 3.87. The molecular formula is C10H12O2. The lowest BCUT2D eigenvalue weighted by molar-refractivity contribution is -0.152. The second-order valence-corrected chi connectivity index (χ2v) is 4.56. The van der Waals surface area contributed by atoms with Gasteiger partial charge in [0.05, 0.1) is 5.92 Å². The maximum atomic E-state index is 11.6. The number of hydrogen-bond donors (Lipinski definition) is 0. The first-order chi connectivity index (χ1) is 5.75. The number of Topliss-reactive ketones (excluding diaryl/α,β-unsaturated/α-hetero) is 2. The molecule has 0 saturated heterocycles. The van der Waals surface area contributed by atoms with Crippen molar-refractivity contribution in [2.45, 2.75) is 25.7 Å². The first-order valence-corrected chi connectivity index (χ1v) is 4.83. The third kappa shape index (κ3) is 0.661. The first kappa shape index (κ1) is 6.81. The average molecular weight is 164 g/mol. The Morgan fingerprint density at radius 2 is 1.42 bits per heavy atom. The molecule has 0 aliphatic heterocycles. The van der Waals surface area contributed by atoms with Gasteiger partial charge in [-0.1, -0.05) is 0 Å². The van der Waals surface area contributed by atoms with Crippen molar-refractivity contribution in [1.82, 2.24) is 0 Å². The Hall–Kier alpha value is -0.660. The summed E-state index contributed by atoms with van der Waals surface area (Å²) in [4.78, 5) is 23.1. The molecule has 12 heavy (non-hydrogen) atoms. The molecular weight excluding hydrogens is 152 g/mol. The minimum atomic E-state index is -0.166. The molecule has 0 spiro atoms. The lowest BCUT2D eigenvalue weighted by Gasteiger charge is -2.47. The third-order valence-electron chi connectivity index (χ3n) is 3.87. The lowest BCUT2D eigenvalue weighted by Crippen LogP contribution is -2.51. The van der Waals surface area contributed by atoms with Crippen molar-refractivity contribution >= 4 is 11.6 Å². The summed E-state index contributed by atoms with van der Waals surface area (Å²) in [6.07, 6.45) is 3.92. The van der Waals surface area contributed by atoms with E-state index in [1.165, 1.54) is 0 Å². The monoisotopic (exact) mass is 164 g/mol. The van der Waals surface area contributed by atoms with Crippen LogP contribution in [0.1, 0.15) is 25.7 Å². The zero-order chi connectivity index (χ0) is 8.29. The maximum Gasteiger partial charge on any atom is 0.146 e. The minimum Gasteiger partial charge on any atom is -0.299 e. The molecule has 4 atom stereocenters. The molecule has 4 rings (SSSR count). The van der Waals surface area contributed by atoms with Gasteiger partial charge in [-0.05, 0) is 31.6 Å². The van der Waals surface area contributed by atoms with Crippen LogP contribution < -0.4 is 0 Å². The van der Waals surface area contributed by atoms with E-state index in [1.807, 2.05) is 0 Å². The van der Waals surface area contributed by atoms with E-state index in [4.69, 9.17) is 0 Å². The molecule has 2 nitrogen and oxygen atoms in total. The highest BCUT2D eigenvalue weighted by Gasteiger charge is 2.52. The van der Waals surface area contributed by atoms with Crippen molar-refractivity contribution in [2.24, 2.45) is 23.7 Å². The molecule has 0 radical (unpaired) electrons. The summed E-state index contributed by atoms with van der Waals surface area (Å²) in [6.45, 7) is 0. The number of ketones is 2. The highest BCUT2D eigenvalue weighted by Crippen LogP contribution is 2.49. The molecule has 4 bridgehead atoms. The van der Waals surface area contributed by atoms with Gasteiger partial charge in [0.1, 0.15) is 11.6 Å². The largest absolute Gasteiger partial charge is 0.299 e. The summed E-state index contributed by atoms with van der Waals surface area (Å²) in [6, 6.07) is 0. The van der Waals surface area contributed by atoms with Crippen molar-refractivity contribution in [3.05, 3.63) is 0 Å². The van der Waals surface area contributed by atoms with Gasteiger partial charge >= 0.3 is 0 Å². The van der Waals surface area contributed by atoms with Gasteiger partial charge in [-0.3, -0.25) is 9.59 Å². The van der Waals surface area contributed by atoms with Crippen molar-refractivity contribution < 1.29 is 9.59 Å². The Labute approximate surface area is 71.3 Å². The van der Waals surface area contributed by atoms with Crippen LogP contribution in [0.15, 0.2) is 0 Å². The Bertz CT molecular complexity index is 245. The molecule has 0 aromatic carbocycles. The first-order valence-electron chi connectivity index (χ1n) is 4.83. The fourth-order valence-electron chi connectivity index (χ4n) is 3.37. The Kier molecular flexibility index (Phi) is 1.12. The second-order valence-electron chi connectivity index (χ2n) is 4.56. The van der Waals surface area contributed by atoms with Gasteiger partial charge in [-0.15, -0.1) is 0 Å². The van der Waals surface area contributed by atoms with Gasteiger partial charge in [-0.2, -0.15) is 0 Å². The van der Waals surface area contributed by atoms with Crippen LogP contribution in [0, 0.1) is 23.7 Å². The van der Waals surface area contributed by atoms with Crippen LogP contribution in [-0.4, -0.2) is 11.6 Å². The van der Waals surface area contributed by atoms with Crippen LogP contribution in [0.25, 0.3) is 0 Å². The van der Waals surface area contributed by atoms with Gasteiger partial charge in [0.25, 0.3) is 0 Å². The molecule has 0 aromatic heterocycles. The average Bonchev–Trinajstić information content (AvgIpc) is 2.07. The van der Waals surface area contributed by atoms with Crippen molar-refractivity contribution in [1.29, 1.82) is 0 Å². The van der Waals surface area contributed by atoms with Gasteiger partial charge in [0, 0.05) is 11.8 Å². The van der Waals surface area contributed by atoms with E-state index in [9.17, 15) is 9.59 Å². The molecule has 2 unspecified atom stereocenters. The molecule has 4 saturated carbocycles. The number of carbonyl (C=O) groups excluding carboxylic acids is 2. The van der Waals surface area contributed by atoms with Crippen LogP contribution in [-0.2, 0) is 9.59 Å². The zero-order valence-electron chi connectivity index (χ0n) is 6.95. The minimum absolute atomic E-state index is 0.166. The van der Waals surface area contributed by atoms with E-state index < -0.39 is 0 Å². The van der Waals surface area contributed by atoms with Gasteiger partial charge < -0.3 is 0 Å². The highest BCUT2D eigenvalue weighted by atomic mass is 16.2. The quantitative estimate of drug-likeness (QED) is 0.504. The summed E-state index contributed by atoms with van der Waals surface area (Å²) in [7, 11) is 0. The van der Waals surface area contributed by atoms with E-state index in [-0.39, 0.29) is 29.3 Å². The Morgan fingerprint density at radius 1 is 0.833 bits per heavy atom. The van der Waals surface area contributed by atoms with E-state index in [2.05, 4.69) is 0 Å². The standard InChI is InChI=1S/C10H12O2/c11-9-6-1-5-2-7(4-6)10(12)8(9)3-5/h5-8H,1-4H2/t5?,6-,7+,8?. The number of rotatable bonds is 0. The van der Waals surface area contributed by atoms with Crippen molar-refractivity contribution in [3.63, 3.8) is 0 Å². The van der Waals surface area contributed by atoms with E-state index in [0.717, 1.165) is 25.7 Å². The topological polar surface area (TPSA) is 34.1 Å². The summed E-state index contributed by atoms with van der Waals surface area (Å²) in [5, 5.41) is 0. The Morgan fingerprint density at radius 3 is 2.00 bits per heavy atom. The van der Waals surface area contributed by atoms with E-state index >= 15 is 0 Å². The molecule has 0 aromatic rings. The lowest BCUT2D eigenvalue weighted by atomic mass is 9.55. The van der Waals surface area contributed by atoms with E-state index in [1.54, 1.807) is 0 Å². The molecule has 64 valence electrons. The van der Waals surface area contributed by atoms with Gasteiger partial charge in [-0.25, -0.2) is 0 Å². The highest BCUT2D eigenvalue weighted by molar-refractivity contribution is 6.07. The van der Waals surface area contributed by atoms with Crippen molar-refractivity contribution in [2.75, 3.05) is 0 Å². The summed E-state index contributed by atoms with van der Waals surface area (Å²) >= 11 is 0. The summed E-state index contributed by atoms with van der Waals surface area (Å²) < 4.78 is 0. The van der Waals surface area contributed by atoms with Gasteiger partial charge in [0.2, 0.25) is 0 Å². The Balaban J connectivity index is 2.03. The predicted octanol–water partition coefficient (Wildman–Crippen LogP) is 1.19. The molecule has 0 amide bonds. The van der Waals surface area contributed by atoms with Gasteiger partial charge in [0.15, 0.2) is 0 Å². The van der Waals surface area contributed by atoms with Crippen molar-refractivity contribution in [3.8, 4) is 0 Å². The van der Waals surface area contributed by atoms with Crippen LogP contribution in [0.4, 0.5) is 0 Å². The van der Waals surface area contributed by atoms with E-state index in [0.29, 0.717) is 5.92 Å². The molecule has 0 heterocycles. The van der Waals surface area contributed by atoms with Crippen LogP contribution in [0.2, 0.25) is 0 Å². The smallest absolute Gasteiger partial charge is 0.146 e. The second kappa shape index (κ2) is 1.98.